The lowest BCUT2D eigenvalue weighted by molar-refractivity contribution is 0.0767. The standard InChI is InChI=1S/C19H27N5O/c1-5-23(6-2)16-11-9-15(10-12-16)22-18-13-17(20-14-21-18)19(25)24(7-3)8-4/h9-14H,5-8H2,1-4H3,(H,20,21,22). The van der Waals surface area contributed by atoms with E-state index in [9.17, 15) is 4.79 Å². The maximum absolute atomic E-state index is 12.4. The number of carbonyl (C=O) groups is 1. The van der Waals surface area contributed by atoms with Crippen molar-refractivity contribution in [2.24, 2.45) is 0 Å². The third-order valence-electron chi connectivity index (χ3n) is 4.21. The van der Waals surface area contributed by atoms with Crippen molar-refractivity contribution in [1.82, 2.24) is 14.9 Å². The smallest absolute Gasteiger partial charge is 0.272 e. The molecule has 0 aliphatic rings. The quantitative estimate of drug-likeness (QED) is 0.795. The van der Waals surface area contributed by atoms with Gasteiger partial charge in [0, 0.05) is 43.6 Å². The Bertz CT molecular complexity index is 678. The van der Waals surface area contributed by atoms with Gasteiger partial charge in [0.1, 0.15) is 17.8 Å². The fraction of sp³-hybridized carbons (Fsp3) is 0.421. The number of amides is 1. The van der Waals surface area contributed by atoms with Gasteiger partial charge in [-0.1, -0.05) is 0 Å². The van der Waals surface area contributed by atoms with E-state index < -0.39 is 0 Å². The van der Waals surface area contributed by atoms with Crippen molar-refractivity contribution < 1.29 is 4.79 Å². The van der Waals surface area contributed by atoms with Gasteiger partial charge in [-0.25, -0.2) is 9.97 Å². The molecule has 0 atom stereocenters. The molecule has 6 nitrogen and oxygen atoms in total. The van der Waals surface area contributed by atoms with Crippen LogP contribution in [0.25, 0.3) is 0 Å². The molecule has 0 aliphatic heterocycles. The van der Waals surface area contributed by atoms with Crippen molar-refractivity contribution in [1.29, 1.82) is 0 Å². The van der Waals surface area contributed by atoms with Gasteiger partial charge in [-0.15, -0.1) is 0 Å². The SMILES string of the molecule is CCN(CC)C(=O)c1cc(Nc2ccc(N(CC)CC)cc2)ncn1. The second-order valence-electron chi connectivity index (χ2n) is 5.61. The molecule has 2 rings (SSSR count). The van der Waals surface area contributed by atoms with Gasteiger partial charge < -0.3 is 15.1 Å². The van der Waals surface area contributed by atoms with Crippen molar-refractivity contribution in [3.8, 4) is 0 Å². The number of aromatic nitrogens is 2. The number of benzene rings is 1. The lowest BCUT2D eigenvalue weighted by Gasteiger charge is -2.21. The Kier molecular flexibility index (Phi) is 6.74. The molecule has 1 aromatic heterocycles. The first-order valence-corrected chi connectivity index (χ1v) is 8.86. The van der Waals surface area contributed by atoms with Crippen LogP contribution in [0.4, 0.5) is 17.2 Å². The summed E-state index contributed by atoms with van der Waals surface area (Å²) < 4.78 is 0. The van der Waals surface area contributed by atoms with Crippen LogP contribution in [0, 0.1) is 0 Å². The van der Waals surface area contributed by atoms with Gasteiger partial charge in [-0.3, -0.25) is 4.79 Å². The van der Waals surface area contributed by atoms with E-state index in [2.05, 4.69) is 46.2 Å². The summed E-state index contributed by atoms with van der Waals surface area (Å²) in [6, 6.07) is 9.89. The van der Waals surface area contributed by atoms with E-state index >= 15 is 0 Å². The van der Waals surface area contributed by atoms with Gasteiger partial charge in [0.15, 0.2) is 0 Å². The number of hydrogen-bond acceptors (Lipinski definition) is 5. The maximum Gasteiger partial charge on any atom is 0.272 e. The van der Waals surface area contributed by atoms with E-state index in [4.69, 9.17) is 0 Å². The summed E-state index contributed by atoms with van der Waals surface area (Å²) >= 11 is 0. The molecule has 0 saturated carbocycles. The number of anilines is 3. The molecule has 0 aliphatic carbocycles. The Balaban J connectivity index is 2.13. The lowest BCUT2D eigenvalue weighted by atomic mass is 10.2. The monoisotopic (exact) mass is 341 g/mol. The summed E-state index contributed by atoms with van der Waals surface area (Å²) in [6.07, 6.45) is 1.42. The van der Waals surface area contributed by atoms with E-state index in [1.165, 1.54) is 12.0 Å². The Morgan fingerprint density at radius 3 is 2.16 bits per heavy atom. The van der Waals surface area contributed by atoms with Crippen molar-refractivity contribution >= 4 is 23.1 Å². The molecular weight excluding hydrogens is 314 g/mol. The van der Waals surface area contributed by atoms with Crippen LogP contribution in [-0.4, -0.2) is 47.0 Å². The summed E-state index contributed by atoms with van der Waals surface area (Å²) in [6.45, 7) is 11.5. The molecule has 1 N–H and O–H groups in total. The normalized spacial score (nSPS) is 10.4. The molecular formula is C19H27N5O. The average Bonchev–Trinajstić information content (AvgIpc) is 2.65. The highest BCUT2D eigenvalue weighted by Crippen LogP contribution is 2.20. The number of nitrogens with zero attached hydrogens (tertiary/aromatic N) is 4. The fourth-order valence-electron chi connectivity index (χ4n) is 2.71. The van der Waals surface area contributed by atoms with Crippen molar-refractivity contribution in [3.63, 3.8) is 0 Å². The molecule has 25 heavy (non-hydrogen) atoms. The molecule has 1 heterocycles. The molecule has 0 fully saturated rings. The third-order valence-corrected chi connectivity index (χ3v) is 4.21. The maximum atomic E-state index is 12.4. The minimum absolute atomic E-state index is 0.0765. The summed E-state index contributed by atoms with van der Waals surface area (Å²) in [4.78, 5) is 24.8. The van der Waals surface area contributed by atoms with Crippen LogP contribution in [0.5, 0.6) is 0 Å². The van der Waals surface area contributed by atoms with Crippen LogP contribution in [0.2, 0.25) is 0 Å². The minimum Gasteiger partial charge on any atom is -0.372 e. The first-order valence-electron chi connectivity index (χ1n) is 8.86. The van der Waals surface area contributed by atoms with Crippen LogP contribution in [0.15, 0.2) is 36.7 Å². The molecule has 0 unspecified atom stereocenters. The summed E-state index contributed by atoms with van der Waals surface area (Å²) in [5, 5.41) is 3.24. The predicted octanol–water partition coefficient (Wildman–Crippen LogP) is 3.55. The molecule has 1 amide bonds. The van der Waals surface area contributed by atoms with Gasteiger partial charge in [0.2, 0.25) is 0 Å². The van der Waals surface area contributed by atoms with Crippen LogP contribution in [0.3, 0.4) is 0 Å². The number of carbonyl (C=O) groups excluding carboxylic acids is 1. The zero-order valence-electron chi connectivity index (χ0n) is 15.5. The van der Waals surface area contributed by atoms with E-state index in [0.717, 1.165) is 18.8 Å². The summed E-state index contributed by atoms with van der Waals surface area (Å²) in [5.74, 6) is 0.536. The highest BCUT2D eigenvalue weighted by Gasteiger charge is 2.14. The van der Waals surface area contributed by atoms with E-state index in [1.807, 2.05) is 26.0 Å². The fourth-order valence-corrected chi connectivity index (χ4v) is 2.71. The van der Waals surface area contributed by atoms with E-state index in [1.54, 1.807) is 11.0 Å². The molecule has 0 saturated heterocycles. The zero-order valence-corrected chi connectivity index (χ0v) is 15.5. The molecule has 0 bridgehead atoms. The van der Waals surface area contributed by atoms with E-state index in [-0.39, 0.29) is 5.91 Å². The van der Waals surface area contributed by atoms with E-state index in [0.29, 0.717) is 24.6 Å². The van der Waals surface area contributed by atoms with Crippen LogP contribution in [-0.2, 0) is 0 Å². The average molecular weight is 341 g/mol. The molecule has 6 heteroatoms. The van der Waals surface area contributed by atoms with Gasteiger partial charge in [0.25, 0.3) is 5.91 Å². The van der Waals surface area contributed by atoms with Crippen molar-refractivity contribution in [2.75, 3.05) is 36.4 Å². The number of nitrogens with one attached hydrogen (secondary N) is 1. The Morgan fingerprint density at radius 1 is 0.960 bits per heavy atom. The largest absolute Gasteiger partial charge is 0.372 e. The van der Waals surface area contributed by atoms with Gasteiger partial charge >= 0.3 is 0 Å². The van der Waals surface area contributed by atoms with Crippen molar-refractivity contribution in [2.45, 2.75) is 27.7 Å². The van der Waals surface area contributed by atoms with Crippen LogP contribution >= 0.6 is 0 Å². The summed E-state index contributed by atoms with van der Waals surface area (Å²) in [5.41, 5.74) is 2.52. The third kappa shape index (κ3) is 4.68. The zero-order chi connectivity index (χ0) is 18.2. The number of hydrogen-bond donors (Lipinski definition) is 1. The Morgan fingerprint density at radius 2 is 1.60 bits per heavy atom. The van der Waals surface area contributed by atoms with Gasteiger partial charge in [-0.2, -0.15) is 0 Å². The number of rotatable bonds is 8. The van der Waals surface area contributed by atoms with Gasteiger partial charge in [0.05, 0.1) is 0 Å². The molecule has 1 aromatic carbocycles. The Labute approximate surface area is 149 Å². The van der Waals surface area contributed by atoms with Crippen molar-refractivity contribution in [3.05, 3.63) is 42.4 Å². The second kappa shape index (κ2) is 9.01. The van der Waals surface area contributed by atoms with Crippen LogP contribution < -0.4 is 10.2 Å². The topological polar surface area (TPSA) is 61.4 Å². The molecule has 134 valence electrons. The predicted molar refractivity (Wildman–Crippen MR) is 103 cm³/mol. The lowest BCUT2D eigenvalue weighted by Crippen LogP contribution is -2.31. The highest BCUT2D eigenvalue weighted by atomic mass is 16.2. The molecule has 2 aromatic rings. The first-order chi connectivity index (χ1) is 12.1. The highest BCUT2D eigenvalue weighted by molar-refractivity contribution is 5.93. The first kappa shape index (κ1) is 18.7. The molecule has 0 spiro atoms. The molecule has 0 radical (unpaired) electrons. The summed E-state index contributed by atoms with van der Waals surface area (Å²) in [7, 11) is 0. The van der Waals surface area contributed by atoms with Gasteiger partial charge in [-0.05, 0) is 52.0 Å². The minimum atomic E-state index is -0.0765. The van der Waals surface area contributed by atoms with Crippen LogP contribution in [0.1, 0.15) is 38.2 Å². The second-order valence-corrected chi connectivity index (χ2v) is 5.61. The Hall–Kier alpha value is -2.63.